The maximum Gasteiger partial charge on any atom is 0.224 e. The zero-order chi connectivity index (χ0) is 17.2. The van der Waals surface area contributed by atoms with E-state index in [-0.39, 0.29) is 5.92 Å². The first-order valence-corrected chi connectivity index (χ1v) is 10.0. The zero-order valence-electron chi connectivity index (χ0n) is 15.5. The lowest BCUT2D eigenvalue weighted by atomic mass is 9.99. The van der Waals surface area contributed by atoms with Gasteiger partial charge in [0.05, 0.1) is 5.92 Å². The molecule has 1 saturated carbocycles. The third kappa shape index (κ3) is 3.84. The van der Waals surface area contributed by atoms with Crippen LogP contribution in [0.5, 0.6) is 0 Å². The number of likely N-dealkylation sites (tertiary alicyclic amines) is 1. The Labute approximate surface area is 151 Å². The van der Waals surface area contributed by atoms with E-state index in [9.17, 15) is 4.79 Å². The van der Waals surface area contributed by atoms with Gasteiger partial charge in [-0.1, -0.05) is 25.0 Å². The molecule has 4 nitrogen and oxygen atoms in total. The van der Waals surface area contributed by atoms with Crippen LogP contribution in [0.4, 0.5) is 5.69 Å². The van der Waals surface area contributed by atoms with Crippen LogP contribution in [0, 0.1) is 5.92 Å². The molecule has 1 aliphatic carbocycles. The summed E-state index contributed by atoms with van der Waals surface area (Å²) < 4.78 is 0. The summed E-state index contributed by atoms with van der Waals surface area (Å²) in [5, 5.41) is 3.28. The summed E-state index contributed by atoms with van der Waals surface area (Å²) in [5.41, 5.74) is 4.28. The summed E-state index contributed by atoms with van der Waals surface area (Å²) in [6.07, 6.45) is 8.34. The Morgan fingerprint density at radius 2 is 2.00 bits per heavy atom. The number of amides is 1. The maximum atomic E-state index is 12.5. The molecule has 0 spiro atoms. The number of hydrogen-bond acceptors (Lipinski definition) is 3. The van der Waals surface area contributed by atoms with E-state index in [0.29, 0.717) is 11.9 Å². The monoisotopic (exact) mass is 341 g/mol. The van der Waals surface area contributed by atoms with Crippen molar-refractivity contribution in [3.05, 3.63) is 29.3 Å². The average Bonchev–Trinajstić information content (AvgIpc) is 3.27. The highest BCUT2D eigenvalue weighted by Crippen LogP contribution is 2.28. The van der Waals surface area contributed by atoms with Gasteiger partial charge in [0.25, 0.3) is 0 Å². The quantitative estimate of drug-likeness (QED) is 0.915. The van der Waals surface area contributed by atoms with Gasteiger partial charge in [0.15, 0.2) is 0 Å². The van der Waals surface area contributed by atoms with Crippen molar-refractivity contribution in [2.24, 2.45) is 5.92 Å². The number of carbonyl (C=O) groups excluding carboxylic acids is 1. The molecule has 4 rings (SSSR count). The molecule has 2 fully saturated rings. The first kappa shape index (κ1) is 16.9. The van der Waals surface area contributed by atoms with Crippen LogP contribution in [0.15, 0.2) is 18.2 Å². The molecule has 25 heavy (non-hydrogen) atoms. The number of fused-ring (bicyclic) bond motifs is 1. The first-order valence-electron chi connectivity index (χ1n) is 10.0. The minimum absolute atomic E-state index is 0.185. The molecular formula is C21H31N3O. The summed E-state index contributed by atoms with van der Waals surface area (Å²) >= 11 is 0. The Morgan fingerprint density at radius 3 is 2.84 bits per heavy atom. The number of nitrogens with one attached hydrogen (secondary N) is 1. The second-order valence-corrected chi connectivity index (χ2v) is 8.20. The van der Waals surface area contributed by atoms with Gasteiger partial charge in [0.1, 0.15) is 0 Å². The molecule has 1 aromatic carbocycles. The van der Waals surface area contributed by atoms with Gasteiger partial charge in [-0.25, -0.2) is 0 Å². The maximum absolute atomic E-state index is 12.5. The van der Waals surface area contributed by atoms with Crippen molar-refractivity contribution in [2.75, 3.05) is 31.6 Å². The van der Waals surface area contributed by atoms with Crippen LogP contribution in [0.3, 0.4) is 0 Å². The molecule has 2 aliphatic heterocycles. The lowest BCUT2D eigenvalue weighted by Gasteiger charge is -2.28. The van der Waals surface area contributed by atoms with Crippen LogP contribution in [0.25, 0.3) is 0 Å². The zero-order valence-corrected chi connectivity index (χ0v) is 15.5. The fraction of sp³-hybridized carbons (Fsp3) is 0.667. The smallest absolute Gasteiger partial charge is 0.224 e. The molecule has 1 amide bonds. The molecule has 136 valence electrons. The van der Waals surface area contributed by atoms with Gasteiger partial charge in [-0.2, -0.15) is 0 Å². The minimum atomic E-state index is 0.185. The normalized spacial score (nSPS) is 24.5. The predicted molar refractivity (Wildman–Crippen MR) is 102 cm³/mol. The number of nitrogens with zero attached hydrogens (tertiary/aromatic N) is 2. The van der Waals surface area contributed by atoms with Crippen LogP contribution in [0.2, 0.25) is 0 Å². The standard InChI is InChI=1S/C21H31N3O/c1-23-11-4-5-17-13-16(8-9-20(17)23)14-24-12-10-18(15-24)21(25)22-19-6-2-3-7-19/h8-9,13,18-19H,2-7,10-12,14-15H2,1H3,(H,22,25)/t18-/m0/s1. The Morgan fingerprint density at radius 1 is 1.16 bits per heavy atom. The van der Waals surface area contributed by atoms with Gasteiger partial charge >= 0.3 is 0 Å². The van der Waals surface area contributed by atoms with E-state index in [1.54, 1.807) is 0 Å². The summed E-state index contributed by atoms with van der Waals surface area (Å²) in [6, 6.07) is 7.38. The van der Waals surface area contributed by atoms with Crippen molar-refractivity contribution in [2.45, 2.75) is 57.5 Å². The number of aryl methyl sites for hydroxylation is 1. The summed E-state index contributed by atoms with van der Waals surface area (Å²) in [4.78, 5) is 17.3. The second kappa shape index (κ2) is 7.36. The molecule has 1 N–H and O–H groups in total. The van der Waals surface area contributed by atoms with Crippen LogP contribution in [0.1, 0.15) is 49.7 Å². The molecule has 0 aromatic heterocycles. The fourth-order valence-electron chi connectivity index (χ4n) is 4.77. The molecule has 1 aromatic rings. The fourth-order valence-corrected chi connectivity index (χ4v) is 4.77. The van der Waals surface area contributed by atoms with E-state index in [0.717, 1.165) is 32.6 Å². The van der Waals surface area contributed by atoms with Crippen molar-refractivity contribution < 1.29 is 4.79 Å². The molecule has 2 heterocycles. The average molecular weight is 341 g/mol. The van der Waals surface area contributed by atoms with Gasteiger partial charge in [0.2, 0.25) is 5.91 Å². The van der Waals surface area contributed by atoms with Crippen molar-refractivity contribution in [3.8, 4) is 0 Å². The molecular weight excluding hydrogens is 310 g/mol. The van der Waals surface area contributed by atoms with Gasteiger partial charge in [-0.05, 0) is 55.8 Å². The molecule has 1 atom stereocenters. The van der Waals surface area contributed by atoms with E-state index in [1.165, 1.54) is 55.3 Å². The Bertz CT molecular complexity index is 624. The summed E-state index contributed by atoms with van der Waals surface area (Å²) in [7, 11) is 2.19. The highest BCUT2D eigenvalue weighted by molar-refractivity contribution is 5.79. The topological polar surface area (TPSA) is 35.6 Å². The van der Waals surface area contributed by atoms with E-state index in [2.05, 4.69) is 40.4 Å². The van der Waals surface area contributed by atoms with Gasteiger partial charge in [-0.15, -0.1) is 0 Å². The van der Waals surface area contributed by atoms with Crippen molar-refractivity contribution in [3.63, 3.8) is 0 Å². The Kier molecular flexibility index (Phi) is 4.98. The van der Waals surface area contributed by atoms with E-state index >= 15 is 0 Å². The van der Waals surface area contributed by atoms with Gasteiger partial charge < -0.3 is 10.2 Å². The third-order valence-electron chi connectivity index (χ3n) is 6.25. The van der Waals surface area contributed by atoms with Crippen LogP contribution in [-0.2, 0) is 17.8 Å². The lowest BCUT2D eigenvalue weighted by molar-refractivity contribution is -0.125. The van der Waals surface area contributed by atoms with E-state index in [4.69, 9.17) is 0 Å². The van der Waals surface area contributed by atoms with Gasteiger partial charge in [-0.3, -0.25) is 9.69 Å². The molecule has 0 unspecified atom stereocenters. The molecule has 1 saturated heterocycles. The van der Waals surface area contributed by atoms with Gasteiger partial charge in [0, 0.05) is 38.4 Å². The highest BCUT2D eigenvalue weighted by Gasteiger charge is 2.30. The van der Waals surface area contributed by atoms with Crippen LogP contribution < -0.4 is 10.2 Å². The number of benzene rings is 1. The van der Waals surface area contributed by atoms with Crippen molar-refractivity contribution in [1.29, 1.82) is 0 Å². The lowest BCUT2D eigenvalue weighted by Crippen LogP contribution is -2.38. The van der Waals surface area contributed by atoms with E-state index in [1.807, 2.05) is 0 Å². The SMILES string of the molecule is CN1CCCc2cc(CN3CC[C@H](C(=O)NC4CCCC4)C3)ccc21. The molecule has 4 heteroatoms. The van der Waals surface area contributed by atoms with Crippen molar-refractivity contribution in [1.82, 2.24) is 10.2 Å². The van der Waals surface area contributed by atoms with E-state index < -0.39 is 0 Å². The largest absolute Gasteiger partial charge is 0.374 e. The number of anilines is 1. The second-order valence-electron chi connectivity index (χ2n) is 8.20. The number of carbonyl (C=O) groups is 1. The van der Waals surface area contributed by atoms with Crippen LogP contribution >= 0.6 is 0 Å². The first-order chi connectivity index (χ1) is 12.2. The molecule has 0 radical (unpaired) electrons. The number of hydrogen-bond donors (Lipinski definition) is 1. The summed E-state index contributed by atoms with van der Waals surface area (Å²) in [6.45, 7) is 4.09. The highest BCUT2D eigenvalue weighted by atomic mass is 16.2. The van der Waals surface area contributed by atoms with Crippen LogP contribution in [-0.4, -0.2) is 43.5 Å². The Balaban J connectivity index is 1.32. The summed E-state index contributed by atoms with van der Waals surface area (Å²) in [5.74, 6) is 0.478. The number of rotatable bonds is 4. The predicted octanol–water partition coefficient (Wildman–Crippen LogP) is 2.95. The third-order valence-corrected chi connectivity index (χ3v) is 6.25. The molecule has 0 bridgehead atoms. The molecule has 3 aliphatic rings. The Hall–Kier alpha value is -1.55. The minimum Gasteiger partial charge on any atom is -0.374 e. The van der Waals surface area contributed by atoms with Crippen molar-refractivity contribution >= 4 is 11.6 Å².